The molecule has 2 nitrogen and oxygen atoms in total. The van der Waals surface area contributed by atoms with E-state index >= 15 is 0 Å². The van der Waals surface area contributed by atoms with Gasteiger partial charge in [-0.05, 0) is 16.9 Å². The van der Waals surface area contributed by atoms with Crippen LogP contribution in [0.2, 0.25) is 0 Å². The van der Waals surface area contributed by atoms with Crippen LogP contribution in [-0.2, 0) is 6.61 Å². The van der Waals surface area contributed by atoms with Crippen molar-refractivity contribution in [2.75, 3.05) is 0 Å². The third kappa shape index (κ3) is 1.47. The van der Waals surface area contributed by atoms with Crippen LogP contribution < -0.4 is 5.30 Å². The maximum absolute atomic E-state index is 8.68. The molecule has 0 aliphatic heterocycles. The number of aromatic nitrogens is 1. The molecule has 3 heteroatoms. The highest BCUT2D eigenvalue weighted by molar-refractivity contribution is 7.27. The first-order valence-corrected chi connectivity index (χ1v) is 3.21. The van der Waals surface area contributed by atoms with Crippen LogP contribution in [0, 0.1) is 0 Å². The third-order valence-corrected chi connectivity index (χ3v) is 1.64. The summed E-state index contributed by atoms with van der Waals surface area (Å²) in [5.41, 5.74) is 0.912. The highest BCUT2D eigenvalue weighted by atomic mass is 31.0. The normalized spacial score (nSPS) is 9.56. The van der Waals surface area contributed by atoms with Crippen molar-refractivity contribution in [1.82, 2.24) is 4.98 Å². The summed E-state index contributed by atoms with van der Waals surface area (Å²) in [6.07, 6.45) is 3.37. The van der Waals surface area contributed by atoms with E-state index in [1.807, 2.05) is 0 Å². The van der Waals surface area contributed by atoms with Crippen molar-refractivity contribution in [2.45, 2.75) is 6.61 Å². The van der Waals surface area contributed by atoms with Crippen LogP contribution in [0.4, 0.5) is 0 Å². The van der Waals surface area contributed by atoms with Crippen molar-refractivity contribution < 1.29 is 5.11 Å². The maximum Gasteiger partial charge on any atom is 0.0688 e. The number of aliphatic hydroxyl groups is 1. The van der Waals surface area contributed by atoms with Gasteiger partial charge in [0.15, 0.2) is 0 Å². The average molecular weight is 141 g/mol. The summed E-state index contributed by atoms with van der Waals surface area (Å²) in [6, 6.07) is 1.79. The van der Waals surface area contributed by atoms with Crippen molar-refractivity contribution in [3.05, 3.63) is 24.0 Å². The van der Waals surface area contributed by atoms with E-state index in [1.54, 1.807) is 18.5 Å². The minimum absolute atomic E-state index is 0.0847. The number of hydrogen-bond acceptors (Lipinski definition) is 2. The maximum atomic E-state index is 8.68. The first kappa shape index (κ1) is 6.66. The molecule has 0 amide bonds. The number of pyridine rings is 1. The van der Waals surface area contributed by atoms with E-state index in [0.29, 0.717) is 0 Å². The second-order valence-electron chi connectivity index (χ2n) is 1.73. The second kappa shape index (κ2) is 2.90. The largest absolute Gasteiger partial charge is 0.392 e. The molecule has 0 bridgehead atoms. The molecule has 0 aliphatic rings. The summed E-state index contributed by atoms with van der Waals surface area (Å²) < 4.78 is 0. The molecule has 0 radical (unpaired) electrons. The van der Waals surface area contributed by atoms with E-state index in [2.05, 4.69) is 14.2 Å². The smallest absolute Gasteiger partial charge is 0.0688 e. The molecular weight excluding hydrogens is 133 g/mol. The molecule has 1 unspecified atom stereocenters. The zero-order valence-electron chi connectivity index (χ0n) is 4.91. The molecule has 1 heterocycles. The molecule has 1 aromatic heterocycles. The van der Waals surface area contributed by atoms with Crippen LogP contribution >= 0.6 is 9.24 Å². The van der Waals surface area contributed by atoms with Gasteiger partial charge in [0, 0.05) is 12.4 Å². The van der Waals surface area contributed by atoms with Gasteiger partial charge < -0.3 is 5.11 Å². The summed E-state index contributed by atoms with van der Waals surface area (Å²) in [4.78, 5) is 3.86. The molecule has 0 spiro atoms. The van der Waals surface area contributed by atoms with Gasteiger partial charge in [0.25, 0.3) is 0 Å². The zero-order valence-corrected chi connectivity index (χ0v) is 6.07. The molecule has 0 fully saturated rings. The van der Waals surface area contributed by atoms with Gasteiger partial charge in [-0.1, -0.05) is 0 Å². The minimum atomic E-state index is 0.0847. The average Bonchev–Trinajstić information content (AvgIpc) is 1.89. The SMILES string of the molecule is OCc1ccncc1P. The molecule has 1 rings (SSSR count). The zero-order chi connectivity index (χ0) is 6.69. The third-order valence-electron chi connectivity index (χ3n) is 1.12. The lowest BCUT2D eigenvalue weighted by Crippen LogP contribution is -2.00. The first-order valence-electron chi connectivity index (χ1n) is 2.64. The Morgan fingerprint density at radius 1 is 1.67 bits per heavy atom. The van der Waals surface area contributed by atoms with Crippen molar-refractivity contribution in [3.63, 3.8) is 0 Å². The highest BCUT2D eigenvalue weighted by Gasteiger charge is 1.91. The Morgan fingerprint density at radius 2 is 2.44 bits per heavy atom. The molecule has 0 saturated carbocycles. The lowest BCUT2D eigenvalue weighted by atomic mass is 10.3. The van der Waals surface area contributed by atoms with Gasteiger partial charge in [-0.3, -0.25) is 4.98 Å². The Morgan fingerprint density at radius 3 is 2.89 bits per heavy atom. The van der Waals surface area contributed by atoms with E-state index < -0.39 is 0 Å². The van der Waals surface area contributed by atoms with E-state index in [9.17, 15) is 0 Å². The predicted molar refractivity (Wildman–Crippen MR) is 39.5 cm³/mol. The molecule has 1 N–H and O–H groups in total. The molecular formula is C6H8NOP. The molecule has 48 valence electrons. The van der Waals surface area contributed by atoms with Crippen LogP contribution in [-0.4, -0.2) is 10.1 Å². The van der Waals surface area contributed by atoms with E-state index in [1.165, 1.54) is 0 Å². The second-order valence-corrected chi connectivity index (χ2v) is 2.35. The highest BCUT2D eigenvalue weighted by Crippen LogP contribution is 1.96. The van der Waals surface area contributed by atoms with Gasteiger partial charge in [-0.2, -0.15) is 0 Å². The Kier molecular flexibility index (Phi) is 2.15. The quantitative estimate of drug-likeness (QED) is 0.561. The van der Waals surface area contributed by atoms with Gasteiger partial charge in [-0.15, -0.1) is 9.24 Å². The Balaban J connectivity index is 3.01. The van der Waals surface area contributed by atoms with E-state index in [-0.39, 0.29) is 6.61 Å². The molecule has 9 heavy (non-hydrogen) atoms. The lowest BCUT2D eigenvalue weighted by molar-refractivity contribution is 0.283. The summed E-state index contributed by atoms with van der Waals surface area (Å²) in [7, 11) is 2.51. The molecule has 1 atom stereocenters. The van der Waals surface area contributed by atoms with E-state index in [4.69, 9.17) is 5.11 Å². The van der Waals surface area contributed by atoms with Crippen LogP contribution in [0.15, 0.2) is 18.5 Å². The van der Waals surface area contributed by atoms with Crippen LogP contribution in [0.3, 0.4) is 0 Å². The van der Waals surface area contributed by atoms with Crippen LogP contribution in [0.1, 0.15) is 5.56 Å². The fourth-order valence-corrected chi connectivity index (χ4v) is 0.853. The van der Waals surface area contributed by atoms with Gasteiger partial charge in [-0.25, -0.2) is 0 Å². The summed E-state index contributed by atoms with van der Waals surface area (Å²) >= 11 is 0. The standard InChI is InChI=1S/C6H8NOP/c8-4-5-1-2-7-3-6(5)9/h1-3,8H,4,9H2. The summed E-state index contributed by atoms with van der Waals surface area (Å²) in [5, 5.41) is 9.64. The van der Waals surface area contributed by atoms with Crippen molar-refractivity contribution in [1.29, 1.82) is 0 Å². The van der Waals surface area contributed by atoms with Crippen LogP contribution in [0.5, 0.6) is 0 Å². The number of aliphatic hydroxyl groups excluding tert-OH is 1. The fourth-order valence-electron chi connectivity index (χ4n) is 0.579. The predicted octanol–water partition coefficient (Wildman–Crippen LogP) is 0.0743. The van der Waals surface area contributed by atoms with Gasteiger partial charge in [0.05, 0.1) is 6.61 Å². The van der Waals surface area contributed by atoms with Crippen LogP contribution in [0.25, 0.3) is 0 Å². The van der Waals surface area contributed by atoms with Gasteiger partial charge in [0.2, 0.25) is 0 Å². The van der Waals surface area contributed by atoms with Gasteiger partial charge in [0.1, 0.15) is 0 Å². The van der Waals surface area contributed by atoms with E-state index in [0.717, 1.165) is 10.9 Å². The topological polar surface area (TPSA) is 33.1 Å². The molecule has 0 aromatic carbocycles. The monoisotopic (exact) mass is 141 g/mol. The van der Waals surface area contributed by atoms with Crippen molar-refractivity contribution in [2.24, 2.45) is 0 Å². The fraction of sp³-hybridized carbons (Fsp3) is 0.167. The number of nitrogens with zero attached hydrogens (tertiary/aromatic N) is 1. The van der Waals surface area contributed by atoms with Crippen molar-refractivity contribution >= 4 is 14.5 Å². The minimum Gasteiger partial charge on any atom is -0.392 e. The Hall–Kier alpha value is -0.460. The lowest BCUT2D eigenvalue weighted by Gasteiger charge is -1.96. The Labute approximate surface area is 56.1 Å². The Bertz CT molecular complexity index is 202. The summed E-state index contributed by atoms with van der Waals surface area (Å²) in [5.74, 6) is 0. The molecule has 0 aliphatic carbocycles. The first-order chi connectivity index (χ1) is 4.34. The van der Waals surface area contributed by atoms with Crippen molar-refractivity contribution in [3.8, 4) is 0 Å². The molecule has 0 saturated heterocycles. The number of hydrogen-bond donors (Lipinski definition) is 1. The van der Waals surface area contributed by atoms with Gasteiger partial charge >= 0.3 is 0 Å². The number of rotatable bonds is 1. The summed E-state index contributed by atoms with van der Waals surface area (Å²) in [6.45, 7) is 0.0847. The molecule has 1 aromatic rings.